The number of amides is 2. The van der Waals surface area contributed by atoms with Gasteiger partial charge in [0, 0.05) is 24.9 Å². The summed E-state index contributed by atoms with van der Waals surface area (Å²) >= 11 is 0. The number of hydrogen-bond donors (Lipinski definition) is 6. The largest absolute Gasteiger partial charge is 0.488 e. The monoisotopic (exact) mass is 1950 g/mol. The Morgan fingerprint density at radius 2 is 0.769 bits per heavy atom. The first-order chi connectivity index (χ1) is 67.2. The number of nitrogens with zero attached hydrogens (tertiary/aromatic N) is 2. The molecule has 0 spiro atoms. The van der Waals surface area contributed by atoms with Crippen molar-refractivity contribution in [2.24, 2.45) is 176 Å². The van der Waals surface area contributed by atoms with Gasteiger partial charge in [0.05, 0.1) is 22.0 Å². The minimum atomic E-state index is -1.43. The van der Waals surface area contributed by atoms with E-state index >= 15 is 0 Å². The fourth-order valence-corrected chi connectivity index (χ4v) is 41.5. The number of aliphatic carboxylic acids is 1. The van der Waals surface area contributed by atoms with Crippen molar-refractivity contribution in [3.63, 3.8) is 0 Å². The number of carboxylic acid groups (broad SMARTS) is 3. The fraction of sp³-hybridized carbons (Fsp3) is 0.719. The number of aromatic carboxylic acids is 2. The number of carbonyl (C=O) groups excluding carboxylic acids is 3. The summed E-state index contributed by atoms with van der Waals surface area (Å²) in [5.74, 6) is 6.52. The van der Waals surface area contributed by atoms with Crippen LogP contribution in [-0.2, 0) is 19.2 Å². The van der Waals surface area contributed by atoms with Crippen molar-refractivity contribution >= 4 is 64.8 Å². The normalized spacial score (nSPS) is 41.8. The van der Waals surface area contributed by atoms with Crippen molar-refractivity contribution in [3.8, 4) is 0 Å². The zero-order chi connectivity index (χ0) is 103. The molecule has 0 radical (unpaired) electrons. The molecule has 0 bridgehead atoms. The Hall–Kier alpha value is -6.94. The SMILES string of the molecule is C=C(C)[C@@H]1CC[C@]2(C(=O)CCCN3CCCCC3)CC[C@]3(C)[C@H](CC[C@@H]4[C@@]5(C)CC=C(c6ccc(B(O)O)cc6)C(C)(C)[C@@H]5CC[C@]43C)[C@@H]12.C=C(C)[C@@H]1CC[C@]2(C(=O)N3CCCC3C(=O)O)CC[C@]3(C)[C@H](CC[C@@H]4[C@@]5(C)CC=C(c6ccc(C(=O)O)cc6)C(C)(C)[C@@H]5CC[C@]43C)[C@@H]12.C=C(C)[C@@H]1CC[C@]2(C(=O)NCCC(C)C)CC[C@]3(C)[C@H](CC[C@@H]4[C@@]5(C)CC=C(c6ccc(C(=O)O)cc6)C(C)(C)[C@@H]5CC[C@]43C)[C@@H]12. The number of carbonyl (C=O) groups is 6. The van der Waals surface area contributed by atoms with Gasteiger partial charge in [-0.25, -0.2) is 14.4 Å². The molecule has 0 aromatic heterocycles. The van der Waals surface area contributed by atoms with E-state index in [4.69, 9.17) is 0 Å². The van der Waals surface area contributed by atoms with E-state index in [1.807, 2.05) is 36.4 Å². The number of Topliss-reactive ketones (excluding diaryl/α,β-unsaturated/α-hetero) is 1. The molecule has 15 heteroatoms. The van der Waals surface area contributed by atoms with Crippen molar-refractivity contribution in [2.75, 3.05) is 32.7 Å². The van der Waals surface area contributed by atoms with Crippen LogP contribution in [0.4, 0.5) is 0 Å². The van der Waals surface area contributed by atoms with Gasteiger partial charge in [-0.3, -0.25) is 14.4 Å². The molecule has 20 rings (SSSR count). The van der Waals surface area contributed by atoms with E-state index in [9.17, 15) is 54.1 Å². The molecule has 17 aliphatic rings. The lowest BCUT2D eigenvalue weighted by molar-refractivity contribution is -0.226. The van der Waals surface area contributed by atoms with Crippen LogP contribution in [0.25, 0.3) is 16.7 Å². The number of allylic oxidation sites excluding steroid dienone is 9. The number of piperidine rings is 1. The third kappa shape index (κ3) is 16.4. The van der Waals surface area contributed by atoms with E-state index in [1.54, 1.807) is 29.2 Å². The molecule has 2 heterocycles. The number of ketones is 1. The molecule has 15 aliphatic carbocycles. The van der Waals surface area contributed by atoms with E-state index in [0.717, 1.165) is 147 Å². The van der Waals surface area contributed by atoms with Crippen LogP contribution in [0, 0.1) is 176 Å². The second-order valence-electron chi connectivity index (χ2n) is 55.8. The van der Waals surface area contributed by atoms with Gasteiger partial charge in [-0.15, -0.1) is 0 Å². The Labute approximate surface area is 861 Å². The molecule has 14 fully saturated rings. The average Bonchev–Trinajstić information content (AvgIpc) is 1.67. The lowest BCUT2D eigenvalue weighted by Crippen LogP contribution is -2.66. The third-order valence-electron chi connectivity index (χ3n) is 48.9. The maximum atomic E-state index is 14.7. The summed E-state index contributed by atoms with van der Waals surface area (Å²) in [6.45, 7) is 68.1. The molecule has 780 valence electrons. The van der Waals surface area contributed by atoms with Crippen molar-refractivity contribution in [2.45, 2.75) is 369 Å². The lowest BCUT2D eigenvalue weighted by Gasteiger charge is -2.72. The summed E-state index contributed by atoms with van der Waals surface area (Å²) in [5, 5.41) is 51.8. The molecule has 3 aromatic carbocycles. The fourth-order valence-electron chi connectivity index (χ4n) is 41.5. The maximum Gasteiger partial charge on any atom is 0.488 e. The molecular formula is C128H184BN3O11. The zero-order valence-corrected chi connectivity index (χ0v) is 92.0. The Morgan fingerprint density at radius 1 is 0.406 bits per heavy atom. The van der Waals surface area contributed by atoms with Crippen LogP contribution < -0.4 is 10.8 Å². The van der Waals surface area contributed by atoms with E-state index in [0.29, 0.717) is 130 Å². The standard InChI is InChI=1S/C44H66BNO3.C42H57NO5.C42H61NO3/c1-30(2)33-19-24-44(38(47)12-11-29-46-27-9-8-10-28-46)26-25-42(6)35(39(33)44)17-18-37-41(5)22-20-34(31-13-15-32(16-14-31)45(48)49)40(3,4)36(41)21-23-43(37,42)7;1-25(2)28-16-21-42(37(48)43-24-8-9-31(43)36(46)47)23-22-40(6)30(34(28)42)14-15-33-39(5)19-17-29(26-10-12-27(13-11-26)35(44)45)38(3,4)32(39)18-20-41(33,40)7;1-26(2)19-25-43-37(46)42-22-16-30(27(3)4)35(42)32-14-15-34-39(7)20-17-31(28-10-12-29(13-11-28)36(44)45)38(5,6)33(39)18-21-41(34,9)40(32,8)23-24-42/h13-16,20,33,35-37,39,48-49H,1,8-12,17-19,21-29H2,2-7H3;10-13,17,28,30-34H,1,8-9,14-16,18-24H2,2-7H3,(H,44,45)(H,46,47);10-13,17,26,30,32-35H,3,14-16,18-25H2,1-2,4-9H3,(H,43,46)(H,44,45)/t33-,35+,36-,37+,39+,41-,42+,43+,44+;28-,30+,31?,32-,33+,34+,39-,40+,41+,42-;30-,32+,33-,34+,35+,39-,40+,41+,42-/m000/s1. The van der Waals surface area contributed by atoms with Crippen molar-refractivity contribution in [3.05, 3.63) is 155 Å². The summed E-state index contributed by atoms with van der Waals surface area (Å²) in [4.78, 5) is 83.2. The lowest BCUT2D eigenvalue weighted by atomic mass is 9.32. The van der Waals surface area contributed by atoms with Gasteiger partial charge >= 0.3 is 25.0 Å². The van der Waals surface area contributed by atoms with Crippen molar-refractivity contribution in [1.82, 2.24) is 15.1 Å². The van der Waals surface area contributed by atoms with Crippen LogP contribution in [0.1, 0.15) is 401 Å². The second-order valence-corrected chi connectivity index (χ2v) is 55.8. The summed E-state index contributed by atoms with van der Waals surface area (Å²) in [5.41, 5.74) is 13.6. The predicted octanol–water partition coefficient (Wildman–Crippen LogP) is 28.2. The first-order valence-corrected chi connectivity index (χ1v) is 57.5. The van der Waals surface area contributed by atoms with Gasteiger partial charge in [-0.05, 0) is 475 Å². The van der Waals surface area contributed by atoms with Gasteiger partial charge < -0.3 is 40.5 Å². The molecular weight excluding hydrogens is 1770 g/mol. The van der Waals surface area contributed by atoms with Gasteiger partial charge in [0.1, 0.15) is 11.8 Å². The first-order valence-electron chi connectivity index (χ1n) is 57.5. The van der Waals surface area contributed by atoms with Crippen molar-refractivity contribution in [1.29, 1.82) is 0 Å². The first kappa shape index (κ1) is 106. The van der Waals surface area contributed by atoms with E-state index in [2.05, 4.69) is 199 Å². The predicted molar refractivity (Wildman–Crippen MR) is 579 cm³/mol. The van der Waals surface area contributed by atoms with Gasteiger partial charge in [-0.1, -0.05) is 227 Å². The number of fused-ring (bicyclic) bond motifs is 21. The Kier molecular flexibility index (Phi) is 28.1. The number of hydrogen-bond acceptors (Lipinski definition) is 9. The molecule has 1 unspecified atom stereocenters. The van der Waals surface area contributed by atoms with Crippen molar-refractivity contribution < 1.29 is 54.1 Å². The molecule has 2 saturated heterocycles. The number of likely N-dealkylation sites (tertiary alicyclic amines) is 2. The molecule has 14 nitrogen and oxygen atoms in total. The minimum Gasteiger partial charge on any atom is -0.480 e. The highest BCUT2D eigenvalue weighted by atomic mass is 16.4. The molecule has 3 aromatic rings. The highest BCUT2D eigenvalue weighted by Crippen LogP contribution is 2.83. The molecule has 2 amide bonds. The topological polar surface area (TPSA) is 222 Å². The summed E-state index contributed by atoms with van der Waals surface area (Å²) < 4.78 is 0. The maximum absolute atomic E-state index is 14.7. The van der Waals surface area contributed by atoms with Crippen LogP contribution >= 0.6 is 0 Å². The molecule has 28 atom stereocenters. The molecule has 143 heavy (non-hydrogen) atoms. The molecule has 6 N–H and O–H groups in total. The van der Waals surface area contributed by atoms with Gasteiger partial charge in [0.15, 0.2) is 0 Å². The smallest absolute Gasteiger partial charge is 0.480 e. The van der Waals surface area contributed by atoms with E-state index < -0.39 is 36.5 Å². The van der Waals surface area contributed by atoms with Gasteiger partial charge in [0.2, 0.25) is 11.8 Å². The van der Waals surface area contributed by atoms with Gasteiger partial charge in [-0.2, -0.15) is 0 Å². The van der Waals surface area contributed by atoms with Crippen LogP contribution in [0.5, 0.6) is 0 Å². The highest BCUT2D eigenvalue weighted by Gasteiger charge is 2.77. The van der Waals surface area contributed by atoms with Gasteiger partial charge in [0.25, 0.3) is 0 Å². The Balaban J connectivity index is 0.000000141. The number of benzene rings is 3. The zero-order valence-electron chi connectivity index (χ0n) is 92.0. The van der Waals surface area contributed by atoms with Crippen LogP contribution in [0.2, 0.25) is 0 Å². The number of rotatable bonds is 20. The Morgan fingerprint density at radius 3 is 1.15 bits per heavy atom. The third-order valence-corrected chi connectivity index (χ3v) is 48.9. The highest BCUT2D eigenvalue weighted by molar-refractivity contribution is 6.58. The second kappa shape index (κ2) is 37.9. The quantitative estimate of drug-likeness (QED) is 0.0459. The van der Waals surface area contributed by atoms with E-state index in [-0.39, 0.29) is 87.6 Å². The average molecular weight is 1950 g/mol. The number of nitrogens with one attached hydrogen (secondary N) is 1. The minimum absolute atomic E-state index is 0.00309. The summed E-state index contributed by atoms with van der Waals surface area (Å²) in [7, 11) is -1.43. The summed E-state index contributed by atoms with van der Waals surface area (Å²) in [6.07, 6.45) is 46.2. The molecule has 12 saturated carbocycles. The molecule has 2 aliphatic heterocycles. The van der Waals surface area contributed by atoms with Crippen LogP contribution in [0.3, 0.4) is 0 Å². The van der Waals surface area contributed by atoms with E-state index in [1.165, 1.54) is 148 Å². The summed E-state index contributed by atoms with van der Waals surface area (Å²) in [6, 6.07) is 22.3. The van der Waals surface area contributed by atoms with Crippen LogP contribution in [-0.4, -0.2) is 117 Å². The Bertz CT molecular complexity index is 5510. The van der Waals surface area contributed by atoms with Crippen LogP contribution in [0.15, 0.2) is 127 Å². The number of carboxylic acids is 3.